The first kappa shape index (κ1) is 19.8. The van der Waals surface area contributed by atoms with Crippen LogP contribution in [-0.4, -0.2) is 19.8 Å². The fourth-order valence-corrected chi connectivity index (χ4v) is 2.45. The van der Waals surface area contributed by atoms with Gasteiger partial charge in [0.05, 0.1) is 13.7 Å². The third-order valence-corrected chi connectivity index (χ3v) is 4.34. The summed E-state index contributed by atoms with van der Waals surface area (Å²) in [6.07, 6.45) is 6.78. The lowest BCUT2D eigenvalue weighted by Gasteiger charge is -2.27. The number of unbranched alkanes of at least 4 members (excludes halogenated alkanes) is 3. The molecule has 0 spiro atoms. The maximum Gasteiger partial charge on any atom is 0.161 e. The second-order valence-electron chi connectivity index (χ2n) is 7.41. The van der Waals surface area contributed by atoms with Crippen molar-refractivity contribution in [1.82, 2.24) is 0 Å². The Labute approximate surface area is 142 Å². The van der Waals surface area contributed by atoms with E-state index in [1.165, 1.54) is 24.8 Å². The summed E-state index contributed by atoms with van der Waals surface area (Å²) in [4.78, 5) is 0. The van der Waals surface area contributed by atoms with Crippen molar-refractivity contribution in [3.63, 3.8) is 0 Å². The van der Waals surface area contributed by atoms with Crippen molar-refractivity contribution in [2.24, 2.45) is 11.1 Å². The van der Waals surface area contributed by atoms with Gasteiger partial charge < -0.3 is 15.2 Å². The van der Waals surface area contributed by atoms with E-state index >= 15 is 0 Å². The molecule has 3 heteroatoms. The molecule has 23 heavy (non-hydrogen) atoms. The lowest BCUT2D eigenvalue weighted by Crippen LogP contribution is -2.35. The zero-order chi connectivity index (χ0) is 17.3. The van der Waals surface area contributed by atoms with Crippen LogP contribution < -0.4 is 15.2 Å². The Morgan fingerprint density at radius 1 is 1.09 bits per heavy atom. The Bertz CT molecular complexity index is 451. The van der Waals surface area contributed by atoms with Gasteiger partial charge in [0.15, 0.2) is 11.5 Å². The van der Waals surface area contributed by atoms with Crippen LogP contribution in [0.3, 0.4) is 0 Å². The molecular weight excluding hydrogens is 286 g/mol. The number of aryl methyl sites for hydroxylation is 1. The Morgan fingerprint density at radius 2 is 1.83 bits per heavy atom. The van der Waals surface area contributed by atoms with Gasteiger partial charge in [0.1, 0.15) is 0 Å². The highest BCUT2D eigenvalue weighted by molar-refractivity contribution is 5.43. The molecule has 3 nitrogen and oxygen atoms in total. The molecule has 1 unspecified atom stereocenters. The third kappa shape index (κ3) is 7.26. The predicted octanol–water partition coefficient (Wildman–Crippen LogP) is 4.96. The minimum Gasteiger partial charge on any atom is -0.493 e. The van der Waals surface area contributed by atoms with E-state index in [0.29, 0.717) is 0 Å². The summed E-state index contributed by atoms with van der Waals surface area (Å²) in [7, 11) is 1.70. The van der Waals surface area contributed by atoms with Crippen LogP contribution in [0.2, 0.25) is 0 Å². The average Bonchev–Trinajstić information content (AvgIpc) is 2.52. The van der Waals surface area contributed by atoms with E-state index < -0.39 is 0 Å². The molecule has 0 bridgehead atoms. The van der Waals surface area contributed by atoms with Gasteiger partial charge in [-0.05, 0) is 42.4 Å². The number of nitrogens with two attached hydrogens (primary N) is 1. The van der Waals surface area contributed by atoms with Gasteiger partial charge in [-0.25, -0.2) is 0 Å². The minimum absolute atomic E-state index is 0.144. The summed E-state index contributed by atoms with van der Waals surface area (Å²) in [5, 5.41) is 0. The minimum atomic E-state index is 0.144. The van der Waals surface area contributed by atoms with Crippen molar-refractivity contribution >= 4 is 0 Å². The van der Waals surface area contributed by atoms with Crippen molar-refractivity contribution in [3.05, 3.63) is 23.8 Å². The lowest BCUT2D eigenvalue weighted by molar-refractivity contribution is 0.284. The first-order valence-electron chi connectivity index (χ1n) is 8.93. The van der Waals surface area contributed by atoms with Gasteiger partial charge in [0.25, 0.3) is 0 Å². The molecule has 132 valence electrons. The van der Waals surface area contributed by atoms with E-state index in [0.717, 1.165) is 37.4 Å². The van der Waals surface area contributed by atoms with E-state index in [2.05, 4.69) is 39.8 Å². The fourth-order valence-electron chi connectivity index (χ4n) is 2.45. The Hall–Kier alpha value is -1.22. The zero-order valence-corrected chi connectivity index (χ0v) is 15.7. The van der Waals surface area contributed by atoms with Crippen LogP contribution in [0.25, 0.3) is 0 Å². The van der Waals surface area contributed by atoms with Crippen LogP contribution in [0.5, 0.6) is 11.5 Å². The fraction of sp³-hybridized carbons (Fsp3) is 0.700. The molecule has 0 aliphatic heterocycles. The molecule has 1 aromatic carbocycles. The summed E-state index contributed by atoms with van der Waals surface area (Å²) in [6, 6.07) is 6.43. The highest BCUT2D eigenvalue weighted by atomic mass is 16.5. The van der Waals surface area contributed by atoms with Crippen molar-refractivity contribution in [2.45, 2.75) is 72.3 Å². The van der Waals surface area contributed by atoms with Crippen molar-refractivity contribution in [2.75, 3.05) is 13.7 Å². The second-order valence-corrected chi connectivity index (χ2v) is 7.41. The summed E-state index contributed by atoms with van der Waals surface area (Å²) < 4.78 is 11.3. The molecule has 0 radical (unpaired) electrons. The molecule has 2 N–H and O–H groups in total. The molecule has 0 aliphatic rings. The van der Waals surface area contributed by atoms with E-state index in [1.54, 1.807) is 7.11 Å². The molecule has 0 aliphatic carbocycles. The third-order valence-electron chi connectivity index (χ3n) is 4.34. The largest absolute Gasteiger partial charge is 0.493 e. The monoisotopic (exact) mass is 321 g/mol. The second kappa shape index (κ2) is 9.82. The van der Waals surface area contributed by atoms with Crippen LogP contribution >= 0.6 is 0 Å². The molecule has 0 aromatic heterocycles. The Balaban J connectivity index is 2.55. The molecule has 0 amide bonds. The number of hydrogen-bond donors (Lipinski definition) is 1. The number of ether oxygens (including phenoxy) is 2. The number of methoxy groups -OCH3 is 1. The number of rotatable bonds is 10. The molecule has 0 saturated carbocycles. The highest BCUT2D eigenvalue weighted by Crippen LogP contribution is 2.29. The lowest BCUT2D eigenvalue weighted by atomic mass is 9.84. The van der Waals surface area contributed by atoms with E-state index in [-0.39, 0.29) is 11.5 Å². The summed E-state index contributed by atoms with van der Waals surface area (Å²) in [5.74, 6) is 1.66. The van der Waals surface area contributed by atoms with Gasteiger partial charge >= 0.3 is 0 Å². The molecule has 0 fully saturated rings. The molecular formula is C20H35NO2. The topological polar surface area (TPSA) is 44.5 Å². The summed E-state index contributed by atoms with van der Waals surface area (Å²) in [5.41, 5.74) is 7.64. The smallest absolute Gasteiger partial charge is 0.161 e. The Morgan fingerprint density at radius 3 is 2.43 bits per heavy atom. The average molecular weight is 322 g/mol. The number of benzene rings is 1. The maximum atomic E-state index is 6.25. The SMILES string of the molecule is CCCCCCOc1ccc(CCC(N)C(C)(C)C)cc1OC. The summed E-state index contributed by atoms with van der Waals surface area (Å²) in [6.45, 7) is 9.54. The van der Waals surface area contributed by atoms with Gasteiger partial charge in [-0.2, -0.15) is 0 Å². The predicted molar refractivity (Wildman–Crippen MR) is 98.4 cm³/mol. The van der Waals surface area contributed by atoms with Gasteiger partial charge in [0, 0.05) is 6.04 Å². The van der Waals surface area contributed by atoms with E-state index in [9.17, 15) is 0 Å². The zero-order valence-electron chi connectivity index (χ0n) is 15.7. The molecule has 0 heterocycles. The molecule has 1 aromatic rings. The van der Waals surface area contributed by atoms with Gasteiger partial charge in [-0.1, -0.05) is 53.0 Å². The van der Waals surface area contributed by atoms with Crippen LogP contribution in [0.4, 0.5) is 0 Å². The van der Waals surface area contributed by atoms with Crippen LogP contribution in [0, 0.1) is 5.41 Å². The standard InChI is InChI=1S/C20H35NO2/c1-6-7-8-9-14-23-17-12-10-16(15-18(17)22-5)11-13-19(21)20(2,3)4/h10,12,15,19H,6-9,11,13-14,21H2,1-5H3. The first-order valence-corrected chi connectivity index (χ1v) is 8.93. The van der Waals surface area contributed by atoms with E-state index in [4.69, 9.17) is 15.2 Å². The van der Waals surface area contributed by atoms with E-state index in [1.807, 2.05) is 6.07 Å². The van der Waals surface area contributed by atoms with Gasteiger partial charge in [-0.3, -0.25) is 0 Å². The normalized spacial score (nSPS) is 13.0. The van der Waals surface area contributed by atoms with Crippen LogP contribution in [-0.2, 0) is 6.42 Å². The maximum absolute atomic E-state index is 6.25. The van der Waals surface area contributed by atoms with Crippen molar-refractivity contribution in [3.8, 4) is 11.5 Å². The summed E-state index contributed by atoms with van der Waals surface area (Å²) >= 11 is 0. The van der Waals surface area contributed by atoms with Crippen LogP contribution in [0.15, 0.2) is 18.2 Å². The molecule has 1 atom stereocenters. The molecule has 1 rings (SSSR count). The van der Waals surface area contributed by atoms with Gasteiger partial charge in [-0.15, -0.1) is 0 Å². The highest BCUT2D eigenvalue weighted by Gasteiger charge is 2.20. The van der Waals surface area contributed by atoms with Crippen molar-refractivity contribution in [1.29, 1.82) is 0 Å². The number of hydrogen-bond acceptors (Lipinski definition) is 3. The van der Waals surface area contributed by atoms with Crippen molar-refractivity contribution < 1.29 is 9.47 Å². The van der Waals surface area contributed by atoms with Gasteiger partial charge in [0.2, 0.25) is 0 Å². The van der Waals surface area contributed by atoms with Crippen LogP contribution in [0.1, 0.15) is 65.4 Å². The Kier molecular flexibility index (Phi) is 8.46. The molecule has 0 saturated heterocycles. The quantitative estimate of drug-likeness (QED) is 0.619. The first-order chi connectivity index (χ1) is 10.9.